The van der Waals surface area contributed by atoms with Gasteiger partial charge in [-0.1, -0.05) is 6.92 Å². The topological polar surface area (TPSA) is 212 Å². The quantitative estimate of drug-likeness (QED) is 0.147. The first-order valence-corrected chi connectivity index (χ1v) is 17.5. The van der Waals surface area contributed by atoms with Gasteiger partial charge in [-0.3, -0.25) is 29.8 Å². The van der Waals surface area contributed by atoms with E-state index in [-0.39, 0.29) is 72.3 Å². The van der Waals surface area contributed by atoms with E-state index in [1.165, 1.54) is 72.1 Å². The third-order valence-electron chi connectivity index (χ3n) is 9.99. The van der Waals surface area contributed by atoms with Crippen LogP contribution in [0.5, 0.6) is 0 Å². The summed E-state index contributed by atoms with van der Waals surface area (Å²) in [6.45, 7) is 3.81. The molecule has 3 saturated heterocycles. The van der Waals surface area contributed by atoms with E-state index in [0.717, 1.165) is 0 Å². The van der Waals surface area contributed by atoms with Gasteiger partial charge < -0.3 is 29.7 Å². The third-order valence-corrected chi connectivity index (χ3v) is 11.5. The van der Waals surface area contributed by atoms with Gasteiger partial charge >= 0.3 is 12.1 Å². The number of benzene rings is 2. The number of hydrogen-bond acceptors (Lipinski definition) is 12. The van der Waals surface area contributed by atoms with Gasteiger partial charge in [-0.05, 0) is 61.1 Å². The molecule has 0 radical (unpaired) electrons. The Morgan fingerprint density at radius 1 is 1.00 bits per heavy atom. The average Bonchev–Trinajstić information content (AvgIpc) is 3.63. The molecule has 17 heteroatoms. The number of nitro benzene ring substituents is 2. The van der Waals surface area contributed by atoms with Gasteiger partial charge in [0.25, 0.3) is 11.4 Å². The molecular weight excluding hydrogens is 686 g/mol. The van der Waals surface area contributed by atoms with Gasteiger partial charge in [0.15, 0.2) is 0 Å². The molecule has 2 aromatic rings. The number of carbonyl (C=O) groups is 4. The number of carbonyl (C=O) groups excluding carboxylic acids is 4. The van der Waals surface area contributed by atoms with Gasteiger partial charge in [0, 0.05) is 65.9 Å². The SMILES string of the molecule is C[C@@H](O)[C@H]1C(=O)N2C(C(=O)OCc3ccc([N+](=O)[O-])cc3)=C(S[C@H]3C[C@@H]([C@@H]4CCNC(=O)C4)N(C(=O)OCc4ccc([N+](=O)[O-])cc4)C3)[C@H](C)[C@H]12. The molecule has 0 spiro atoms. The first-order valence-electron chi connectivity index (χ1n) is 16.6. The number of esters is 1. The number of rotatable bonds is 11. The molecule has 6 rings (SSSR count). The zero-order valence-electron chi connectivity index (χ0n) is 27.8. The van der Waals surface area contributed by atoms with Gasteiger partial charge in [-0.15, -0.1) is 11.8 Å². The normalized spacial score (nSPS) is 26.3. The standard InChI is InChI=1S/C34H37N5O11S/c1-18-29-28(19(2)40)32(42)37(29)30(33(43)49-16-20-3-7-23(8-4-20)38(45)46)31(18)51-25-14-26(22-11-12-35-27(41)13-22)36(15-25)34(44)50-17-21-5-9-24(10-6-21)39(47)48/h3-10,18-19,22,25-26,28-29,40H,11-17H2,1-2H3,(H,35,41)/t18-,19-,22-,25+,26+,28-,29-/m1/s1. The minimum atomic E-state index is -0.947. The summed E-state index contributed by atoms with van der Waals surface area (Å²) >= 11 is 1.37. The fourth-order valence-corrected chi connectivity index (χ4v) is 8.96. The molecule has 3 amide bonds. The van der Waals surface area contributed by atoms with Crippen LogP contribution in [0.2, 0.25) is 0 Å². The summed E-state index contributed by atoms with van der Waals surface area (Å²) in [4.78, 5) is 77.5. The van der Waals surface area contributed by atoms with E-state index in [4.69, 9.17) is 9.47 Å². The molecule has 0 bridgehead atoms. The second kappa shape index (κ2) is 14.7. The van der Waals surface area contributed by atoms with E-state index in [0.29, 0.717) is 35.4 Å². The number of ether oxygens (including phenoxy) is 2. The van der Waals surface area contributed by atoms with Gasteiger partial charge in [-0.2, -0.15) is 0 Å². The maximum atomic E-state index is 13.7. The van der Waals surface area contributed by atoms with Crippen molar-refractivity contribution in [1.29, 1.82) is 0 Å². The van der Waals surface area contributed by atoms with E-state index in [2.05, 4.69) is 5.32 Å². The Balaban J connectivity index is 1.22. The van der Waals surface area contributed by atoms with Gasteiger partial charge in [0.1, 0.15) is 18.9 Å². The molecule has 0 unspecified atom stereocenters. The molecule has 0 aliphatic carbocycles. The van der Waals surface area contributed by atoms with Crippen LogP contribution in [0.3, 0.4) is 0 Å². The van der Waals surface area contributed by atoms with E-state index >= 15 is 0 Å². The highest BCUT2D eigenvalue weighted by Gasteiger charge is 2.60. The summed E-state index contributed by atoms with van der Waals surface area (Å²) in [6, 6.07) is 10.4. The molecule has 4 aliphatic rings. The maximum Gasteiger partial charge on any atom is 0.410 e. The van der Waals surface area contributed by atoms with Crippen LogP contribution in [0.25, 0.3) is 0 Å². The van der Waals surface area contributed by atoms with E-state index < -0.39 is 45.9 Å². The summed E-state index contributed by atoms with van der Waals surface area (Å²) in [5.41, 5.74) is 0.963. The number of aliphatic hydroxyl groups excluding tert-OH is 1. The number of nitrogens with one attached hydrogen (secondary N) is 1. The number of hydrogen-bond donors (Lipinski definition) is 2. The Hall–Kier alpha value is -5.03. The largest absolute Gasteiger partial charge is 0.456 e. The van der Waals surface area contributed by atoms with Crippen molar-refractivity contribution in [2.45, 2.75) is 69.8 Å². The number of nitrogens with zero attached hydrogens (tertiary/aromatic N) is 4. The minimum absolute atomic E-state index is 0.0779. The predicted octanol–water partition coefficient (Wildman–Crippen LogP) is 3.65. The van der Waals surface area contributed by atoms with Gasteiger partial charge in [-0.25, -0.2) is 9.59 Å². The summed E-state index contributed by atoms with van der Waals surface area (Å²) in [6.07, 6.45) is -0.183. The van der Waals surface area contributed by atoms with Crippen molar-refractivity contribution in [2.75, 3.05) is 13.1 Å². The van der Waals surface area contributed by atoms with Crippen LogP contribution in [0.4, 0.5) is 16.2 Å². The highest BCUT2D eigenvalue weighted by atomic mass is 32.2. The lowest BCUT2D eigenvalue weighted by atomic mass is 9.79. The zero-order chi connectivity index (χ0) is 36.6. The summed E-state index contributed by atoms with van der Waals surface area (Å²) in [5, 5.41) is 35.1. The molecule has 270 valence electrons. The van der Waals surface area contributed by atoms with Crippen LogP contribution >= 0.6 is 11.8 Å². The molecule has 2 N–H and O–H groups in total. The Bertz CT molecular complexity index is 1770. The number of amides is 3. The van der Waals surface area contributed by atoms with E-state index in [1.54, 1.807) is 4.90 Å². The van der Waals surface area contributed by atoms with Crippen LogP contribution in [-0.2, 0) is 37.1 Å². The third kappa shape index (κ3) is 7.26. The van der Waals surface area contributed by atoms with E-state index in [9.17, 15) is 44.5 Å². The van der Waals surface area contributed by atoms with Crippen molar-refractivity contribution < 1.29 is 43.6 Å². The molecule has 0 aromatic heterocycles. The summed E-state index contributed by atoms with van der Waals surface area (Å²) in [5.74, 6) is -2.44. The van der Waals surface area contributed by atoms with Crippen LogP contribution < -0.4 is 5.32 Å². The fourth-order valence-electron chi connectivity index (χ4n) is 7.43. The maximum absolute atomic E-state index is 13.7. The highest BCUT2D eigenvalue weighted by molar-refractivity contribution is 8.03. The molecule has 51 heavy (non-hydrogen) atoms. The van der Waals surface area contributed by atoms with Crippen LogP contribution in [0.1, 0.15) is 44.2 Å². The molecule has 4 heterocycles. The Morgan fingerprint density at radius 3 is 2.14 bits per heavy atom. The molecule has 2 aromatic carbocycles. The van der Waals surface area contributed by atoms with Crippen LogP contribution in [0, 0.1) is 38.0 Å². The Morgan fingerprint density at radius 2 is 1.59 bits per heavy atom. The second-order valence-corrected chi connectivity index (χ2v) is 14.6. The molecule has 16 nitrogen and oxygen atoms in total. The fraction of sp³-hybridized carbons (Fsp3) is 0.471. The number of piperidine rings is 1. The lowest BCUT2D eigenvalue weighted by molar-refractivity contribution is -0.385. The van der Waals surface area contributed by atoms with E-state index in [1.807, 2.05) is 6.92 Å². The van der Waals surface area contributed by atoms with Crippen LogP contribution in [-0.4, -0.2) is 85.2 Å². The number of fused-ring (bicyclic) bond motifs is 1. The molecule has 4 aliphatic heterocycles. The zero-order valence-corrected chi connectivity index (χ0v) is 28.7. The van der Waals surface area contributed by atoms with Crippen molar-refractivity contribution >= 4 is 47.0 Å². The van der Waals surface area contributed by atoms with Gasteiger partial charge in [0.2, 0.25) is 11.8 Å². The highest BCUT2D eigenvalue weighted by Crippen LogP contribution is 2.53. The van der Waals surface area contributed by atoms with Crippen molar-refractivity contribution in [3.63, 3.8) is 0 Å². The monoisotopic (exact) mass is 723 g/mol. The lowest BCUT2D eigenvalue weighted by Gasteiger charge is -2.46. The molecule has 7 atom stereocenters. The summed E-state index contributed by atoms with van der Waals surface area (Å²) in [7, 11) is 0. The number of aliphatic hydroxyl groups is 1. The Kier molecular flexibility index (Phi) is 10.3. The van der Waals surface area contributed by atoms with Crippen LogP contribution in [0.15, 0.2) is 59.1 Å². The minimum Gasteiger partial charge on any atom is -0.456 e. The van der Waals surface area contributed by atoms with Crippen molar-refractivity contribution in [2.24, 2.45) is 17.8 Å². The smallest absolute Gasteiger partial charge is 0.410 e. The Labute approximate surface area is 296 Å². The summed E-state index contributed by atoms with van der Waals surface area (Å²) < 4.78 is 11.3. The first-order chi connectivity index (χ1) is 24.3. The second-order valence-electron chi connectivity index (χ2n) is 13.2. The molecule has 3 fully saturated rings. The van der Waals surface area contributed by atoms with Crippen molar-refractivity contribution in [1.82, 2.24) is 15.1 Å². The molecular formula is C34H37N5O11S. The number of nitro groups is 2. The lowest BCUT2D eigenvalue weighted by Crippen LogP contribution is -2.63. The van der Waals surface area contributed by atoms with Crippen molar-refractivity contribution in [3.8, 4) is 0 Å². The predicted molar refractivity (Wildman–Crippen MR) is 180 cm³/mol. The first kappa shape index (κ1) is 35.8. The van der Waals surface area contributed by atoms with Crippen molar-refractivity contribution in [3.05, 3.63) is 90.5 Å². The molecule has 0 saturated carbocycles. The number of β-lactam (4-membered cyclic amide) rings is 1. The number of non-ortho nitro benzene ring substituents is 2. The average molecular weight is 724 g/mol. The van der Waals surface area contributed by atoms with Gasteiger partial charge in [0.05, 0.1) is 27.9 Å². The number of thioether (sulfide) groups is 1. The number of likely N-dealkylation sites (tertiary alicyclic amines) is 1.